The molecule has 1 aliphatic carbocycles. The first-order chi connectivity index (χ1) is 9.13. The number of carbonyl (C=O) groups excluding carboxylic acids is 1. The Bertz CT molecular complexity index is 564. The van der Waals surface area contributed by atoms with E-state index in [4.69, 9.17) is 5.84 Å². The number of hydrogen-bond donors (Lipinski definition) is 2. The van der Waals surface area contributed by atoms with Gasteiger partial charge in [0.25, 0.3) is 5.91 Å². The lowest BCUT2D eigenvalue weighted by molar-refractivity contribution is 0.0923. The molecule has 0 fully saturated rings. The maximum atomic E-state index is 12.4. The summed E-state index contributed by atoms with van der Waals surface area (Å²) in [5.74, 6) is 5.28. The van der Waals surface area contributed by atoms with Crippen LogP contribution in [0.15, 0.2) is 5.10 Å². The normalized spacial score (nSPS) is 17.4. The first-order valence-electron chi connectivity index (χ1n) is 6.83. The van der Waals surface area contributed by atoms with Gasteiger partial charge in [-0.2, -0.15) is 5.10 Å². The van der Waals surface area contributed by atoms with E-state index in [0.29, 0.717) is 0 Å². The molecule has 0 bridgehead atoms. The predicted molar refractivity (Wildman–Crippen MR) is 84.5 cm³/mol. The molecule has 0 aromatic carbocycles. The van der Waals surface area contributed by atoms with E-state index in [1.807, 2.05) is 20.8 Å². The molecular formula is C15H23N3OS. The first-order valence-corrected chi connectivity index (χ1v) is 7.65. The second kappa shape index (κ2) is 4.88. The van der Waals surface area contributed by atoms with Crippen molar-refractivity contribution in [2.75, 3.05) is 0 Å². The van der Waals surface area contributed by atoms with E-state index in [9.17, 15) is 4.79 Å². The molecular weight excluding hydrogens is 270 g/mol. The molecule has 0 saturated heterocycles. The van der Waals surface area contributed by atoms with Crippen LogP contribution in [0.3, 0.4) is 0 Å². The number of hydrogen-bond acceptors (Lipinski definition) is 4. The van der Waals surface area contributed by atoms with E-state index < -0.39 is 0 Å². The molecule has 110 valence electrons. The van der Waals surface area contributed by atoms with Crippen molar-refractivity contribution < 1.29 is 4.79 Å². The summed E-state index contributed by atoms with van der Waals surface area (Å²) in [7, 11) is 0. The van der Waals surface area contributed by atoms with E-state index in [1.165, 1.54) is 10.4 Å². The summed E-state index contributed by atoms with van der Waals surface area (Å²) in [6.45, 7) is 10.4. The van der Waals surface area contributed by atoms with E-state index in [1.54, 1.807) is 17.6 Å². The molecule has 0 unspecified atom stereocenters. The third-order valence-electron chi connectivity index (χ3n) is 3.32. The molecule has 2 rings (SSSR count). The quantitative estimate of drug-likeness (QED) is 0.500. The molecule has 0 atom stereocenters. The zero-order valence-corrected chi connectivity index (χ0v) is 13.6. The predicted octanol–water partition coefficient (Wildman–Crippen LogP) is 2.69. The summed E-state index contributed by atoms with van der Waals surface area (Å²) in [4.78, 5) is 14.4. The van der Waals surface area contributed by atoms with Gasteiger partial charge in [0, 0.05) is 16.0 Å². The van der Waals surface area contributed by atoms with Crippen molar-refractivity contribution in [2.24, 2.45) is 16.4 Å². The minimum absolute atomic E-state index is 0.0374. The van der Waals surface area contributed by atoms with Gasteiger partial charge in [0.2, 0.25) is 0 Å². The number of hydrazone groups is 1. The number of thiophene rings is 1. The highest BCUT2D eigenvalue weighted by molar-refractivity contribution is 7.14. The Balaban J connectivity index is 2.39. The van der Waals surface area contributed by atoms with Gasteiger partial charge in [0.05, 0.1) is 6.21 Å². The number of nitrogens with two attached hydrogens (primary N) is 1. The van der Waals surface area contributed by atoms with Crippen LogP contribution in [0.4, 0.5) is 0 Å². The van der Waals surface area contributed by atoms with Crippen molar-refractivity contribution in [3.63, 3.8) is 0 Å². The molecule has 1 amide bonds. The fraction of sp³-hybridized carbons (Fsp3) is 0.600. The lowest BCUT2D eigenvalue weighted by Crippen LogP contribution is -2.40. The summed E-state index contributed by atoms with van der Waals surface area (Å²) < 4.78 is 0. The van der Waals surface area contributed by atoms with Crippen LogP contribution in [0.25, 0.3) is 0 Å². The van der Waals surface area contributed by atoms with Gasteiger partial charge >= 0.3 is 0 Å². The van der Waals surface area contributed by atoms with Crippen LogP contribution >= 0.6 is 11.3 Å². The van der Waals surface area contributed by atoms with Crippen molar-refractivity contribution in [3.8, 4) is 0 Å². The van der Waals surface area contributed by atoms with Gasteiger partial charge in [0.15, 0.2) is 0 Å². The minimum atomic E-state index is -0.248. The molecule has 1 aliphatic rings. The number of nitrogens with zero attached hydrogens (tertiary/aromatic N) is 1. The van der Waals surface area contributed by atoms with Gasteiger partial charge in [-0.15, -0.1) is 11.3 Å². The van der Waals surface area contributed by atoms with Crippen molar-refractivity contribution >= 4 is 23.5 Å². The summed E-state index contributed by atoms with van der Waals surface area (Å²) in [5.41, 5.74) is 2.16. The smallest absolute Gasteiger partial charge is 0.262 e. The molecule has 0 spiro atoms. The summed E-state index contributed by atoms with van der Waals surface area (Å²) in [5, 5.41) is 6.66. The lowest BCUT2D eigenvalue weighted by atomic mass is 9.90. The summed E-state index contributed by atoms with van der Waals surface area (Å²) in [6, 6.07) is 0. The standard InChI is InChI=1S/C15H23N3OS/c1-14(2,3)18-13(19)12-10(8-17-16)9-6-15(4,5)7-11(9)20-12/h8H,6-7,16H2,1-5H3,(H,18,19). The van der Waals surface area contributed by atoms with Crippen molar-refractivity contribution in [2.45, 2.75) is 53.0 Å². The second-order valence-corrected chi connectivity index (χ2v) is 8.35. The SMILES string of the molecule is CC1(C)Cc2sc(C(=O)NC(C)(C)C)c(C=NN)c2C1. The van der Waals surface area contributed by atoms with Gasteiger partial charge in [-0.1, -0.05) is 13.8 Å². The van der Waals surface area contributed by atoms with Gasteiger partial charge in [-0.3, -0.25) is 4.79 Å². The molecule has 1 aromatic rings. The Morgan fingerprint density at radius 1 is 1.40 bits per heavy atom. The average molecular weight is 293 g/mol. The number of rotatable bonds is 2. The monoisotopic (exact) mass is 293 g/mol. The zero-order chi connectivity index (χ0) is 15.1. The maximum absolute atomic E-state index is 12.4. The third kappa shape index (κ3) is 3.03. The van der Waals surface area contributed by atoms with Crippen LogP contribution in [0.1, 0.15) is 60.3 Å². The zero-order valence-electron chi connectivity index (χ0n) is 12.8. The number of carbonyl (C=O) groups is 1. The fourth-order valence-corrected chi connectivity index (χ4v) is 4.06. The Morgan fingerprint density at radius 2 is 2.05 bits per heavy atom. The largest absolute Gasteiger partial charge is 0.347 e. The van der Waals surface area contributed by atoms with Gasteiger partial charge < -0.3 is 11.2 Å². The molecule has 1 heterocycles. The summed E-state index contributed by atoms with van der Waals surface area (Å²) >= 11 is 1.58. The van der Waals surface area contributed by atoms with Gasteiger partial charge in [-0.25, -0.2) is 0 Å². The van der Waals surface area contributed by atoms with Crippen molar-refractivity contribution in [3.05, 3.63) is 20.9 Å². The molecule has 3 N–H and O–H groups in total. The van der Waals surface area contributed by atoms with Gasteiger partial charge in [0.1, 0.15) is 4.88 Å². The fourth-order valence-electron chi connectivity index (χ4n) is 2.62. The second-order valence-electron chi connectivity index (χ2n) is 7.25. The number of fused-ring (bicyclic) bond motifs is 1. The lowest BCUT2D eigenvalue weighted by Gasteiger charge is -2.21. The van der Waals surface area contributed by atoms with Crippen LogP contribution in [-0.4, -0.2) is 17.7 Å². The molecule has 20 heavy (non-hydrogen) atoms. The Labute approximate surface area is 124 Å². The van der Waals surface area contributed by atoms with E-state index in [-0.39, 0.29) is 16.9 Å². The van der Waals surface area contributed by atoms with E-state index in [0.717, 1.165) is 23.3 Å². The van der Waals surface area contributed by atoms with Crippen LogP contribution in [0, 0.1) is 5.41 Å². The van der Waals surface area contributed by atoms with Crippen LogP contribution < -0.4 is 11.2 Å². The van der Waals surface area contributed by atoms with E-state index >= 15 is 0 Å². The molecule has 0 aliphatic heterocycles. The molecule has 4 nitrogen and oxygen atoms in total. The highest BCUT2D eigenvalue weighted by atomic mass is 32.1. The highest BCUT2D eigenvalue weighted by Gasteiger charge is 2.35. The Kier molecular flexibility index (Phi) is 3.67. The maximum Gasteiger partial charge on any atom is 0.262 e. The Morgan fingerprint density at radius 3 is 2.60 bits per heavy atom. The molecule has 0 saturated carbocycles. The van der Waals surface area contributed by atoms with Crippen molar-refractivity contribution in [1.29, 1.82) is 0 Å². The van der Waals surface area contributed by atoms with E-state index in [2.05, 4.69) is 24.3 Å². The van der Waals surface area contributed by atoms with Gasteiger partial charge in [-0.05, 0) is 44.6 Å². The van der Waals surface area contributed by atoms with Crippen molar-refractivity contribution in [1.82, 2.24) is 5.32 Å². The molecule has 0 radical (unpaired) electrons. The van der Waals surface area contributed by atoms with Crippen LogP contribution in [0.2, 0.25) is 0 Å². The number of nitrogens with one attached hydrogen (secondary N) is 1. The Hall–Kier alpha value is -1.36. The molecule has 5 heteroatoms. The first kappa shape index (κ1) is 15.0. The topological polar surface area (TPSA) is 67.5 Å². The average Bonchev–Trinajstić information content (AvgIpc) is 2.70. The minimum Gasteiger partial charge on any atom is -0.347 e. The molecule has 1 aromatic heterocycles. The van der Waals surface area contributed by atoms with Crippen LogP contribution in [0.5, 0.6) is 0 Å². The third-order valence-corrected chi connectivity index (χ3v) is 4.57. The number of amides is 1. The highest BCUT2D eigenvalue weighted by Crippen LogP contribution is 2.43. The summed E-state index contributed by atoms with van der Waals surface area (Å²) in [6.07, 6.45) is 3.61. The van der Waals surface area contributed by atoms with Crippen LogP contribution in [-0.2, 0) is 12.8 Å².